The highest BCUT2D eigenvalue weighted by Crippen LogP contribution is 2.42. The van der Waals surface area contributed by atoms with Crippen LogP contribution in [0.5, 0.6) is 0 Å². The Kier molecular flexibility index (Phi) is 4.95. The van der Waals surface area contributed by atoms with Crippen LogP contribution < -0.4 is 0 Å². The second kappa shape index (κ2) is 6.73. The van der Waals surface area contributed by atoms with E-state index in [0.29, 0.717) is 0 Å². The third-order valence-electron chi connectivity index (χ3n) is 5.17. The Morgan fingerprint density at radius 2 is 1.80 bits per heavy atom. The zero-order chi connectivity index (χ0) is 18.2. The number of rotatable bonds is 3. The molecule has 2 heterocycles. The molecule has 0 aromatic heterocycles. The first kappa shape index (κ1) is 18.4. The SMILES string of the molecule is CC1(C)O[C@@H](CCc2ccccc2)[C@@H]2C(=O)O[C@H](C(C)(C)C)C[C@H]2O1. The van der Waals surface area contributed by atoms with E-state index >= 15 is 0 Å². The number of cyclic esters (lactones) is 1. The summed E-state index contributed by atoms with van der Waals surface area (Å²) in [5.41, 5.74) is 1.16. The van der Waals surface area contributed by atoms with Gasteiger partial charge in [-0.05, 0) is 37.7 Å². The molecule has 0 N–H and O–H groups in total. The van der Waals surface area contributed by atoms with Crippen molar-refractivity contribution in [2.24, 2.45) is 11.3 Å². The van der Waals surface area contributed by atoms with Gasteiger partial charge in [0.2, 0.25) is 0 Å². The smallest absolute Gasteiger partial charge is 0.314 e. The van der Waals surface area contributed by atoms with Crippen molar-refractivity contribution in [1.82, 2.24) is 0 Å². The van der Waals surface area contributed by atoms with Crippen LogP contribution in [0.15, 0.2) is 30.3 Å². The van der Waals surface area contributed by atoms with Crippen LogP contribution in [-0.4, -0.2) is 30.1 Å². The summed E-state index contributed by atoms with van der Waals surface area (Å²) in [6, 6.07) is 10.3. The molecule has 2 aliphatic rings. The molecule has 2 saturated heterocycles. The fourth-order valence-corrected chi connectivity index (χ4v) is 3.84. The van der Waals surface area contributed by atoms with E-state index in [2.05, 4.69) is 32.9 Å². The molecule has 0 radical (unpaired) electrons. The molecule has 1 aromatic rings. The summed E-state index contributed by atoms with van der Waals surface area (Å²) >= 11 is 0. The average molecular weight is 346 g/mol. The summed E-state index contributed by atoms with van der Waals surface area (Å²) in [4.78, 5) is 12.7. The van der Waals surface area contributed by atoms with Gasteiger partial charge in [-0.3, -0.25) is 4.79 Å². The van der Waals surface area contributed by atoms with Gasteiger partial charge >= 0.3 is 5.97 Å². The zero-order valence-corrected chi connectivity index (χ0v) is 16.0. The molecule has 0 spiro atoms. The second-order valence-corrected chi connectivity index (χ2v) is 8.79. The summed E-state index contributed by atoms with van der Waals surface area (Å²) < 4.78 is 18.0. The highest BCUT2D eigenvalue weighted by Gasteiger charge is 2.52. The predicted octanol–water partition coefficient (Wildman–Crippen LogP) is 4.12. The lowest BCUT2D eigenvalue weighted by molar-refractivity contribution is -0.332. The molecule has 1 aromatic carbocycles. The molecule has 4 atom stereocenters. The Morgan fingerprint density at radius 1 is 1.12 bits per heavy atom. The van der Waals surface area contributed by atoms with Gasteiger partial charge in [-0.2, -0.15) is 0 Å². The molecule has 2 aliphatic heterocycles. The Bertz CT molecular complexity index is 602. The molecule has 0 unspecified atom stereocenters. The Balaban J connectivity index is 1.76. The molecule has 3 rings (SSSR count). The van der Waals surface area contributed by atoms with E-state index in [4.69, 9.17) is 14.2 Å². The van der Waals surface area contributed by atoms with Gasteiger partial charge in [0.15, 0.2) is 5.79 Å². The number of carbonyl (C=O) groups is 1. The fourth-order valence-electron chi connectivity index (χ4n) is 3.84. The summed E-state index contributed by atoms with van der Waals surface area (Å²) in [6.07, 6.45) is 1.95. The number of benzene rings is 1. The molecule has 0 amide bonds. The summed E-state index contributed by atoms with van der Waals surface area (Å²) in [5.74, 6) is -1.19. The van der Waals surface area contributed by atoms with E-state index < -0.39 is 5.79 Å². The van der Waals surface area contributed by atoms with E-state index in [9.17, 15) is 4.79 Å². The molecule has 138 valence electrons. The Morgan fingerprint density at radius 3 is 2.44 bits per heavy atom. The van der Waals surface area contributed by atoms with Gasteiger partial charge in [-0.15, -0.1) is 0 Å². The third-order valence-corrected chi connectivity index (χ3v) is 5.17. The minimum atomic E-state index is -0.678. The van der Waals surface area contributed by atoms with Crippen LogP contribution in [0.2, 0.25) is 0 Å². The summed E-state index contributed by atoms with van der Waals surface area (Å²) in [6.45, 7) is 10.2. The monoisotopic (exact) mass is 346 g/mol. The molecular formula is C21H30O4. The van der Waals surface area contributed by atoms with E-state index in [1.54, 1.807) is 0 Å². The molecule has 0 saturated carbocycles. The van der Waals surface area contributed by atoms with E-state index in [1.165, 1.54) is 5.56 Å². The van der Waals surface area contributed by atoms with Crippen LogP contribution >= 0.6 is 0 Å². The molecule has 4 nitrogen and oxygen atoms in total. The van der Waals surface area contributed by atoms with Crippen LogP contribution in [-0.2, 0) is 25.4 Å². The van der Waals surface area contributed by atoms with E-state index in [-0.39, 0.29) is 35.6 Å². The van der Waals surface area contributed by atoms with E-state index in [1.807, 2.05) is 32.0 Å². The number of esters is 1. The number of hydrogen-bond acceptors (Lipinski definition) is 4. The van der Waals surface area contributed by atoms with Crippen molar-refractivity contribution in [3.05, 3.63) is 35.9 Å². The molecule has 0 bridgehead atoms. The maximum absolute atomic E-state index is 12.7. The zero-order valence-electron chi connectivity index (χ0n) is 16.0. The van der Waals surface area contributed by atoms with Crippen LogP contribution in [0.4, 0.5) is 0 Å². The lowest BCUT2D eigenvalue weighted by Gasteiger charge is -2.50. The van der Waals surface area contributed by atoms with Crippen molar-refractivity contribution < 1.29 is 19.0 Å². The number of fused-ring (bicyclic) bond motifs is 1. The van der Waals surface area contributed by atoms with Gasteiger partial charge < -0.3 is 14.2 Å². The quantitative estimate of drug-likeness (QED) is 0.773. The van der Waals surface area contributed by atoms with Crippen LogP contribution in [0.3, 0.4) is 0 Å². The van der Waals surface area contributed by atoms with Crippen molar-refractivity contribution in [1.29, 1.82) is 0 Å². The van der Waals surface area contributed by atoms with Gasteiger partial charge in [0.05, 0.1) is 12.2 Å². The van der Waals surface area contributed by atoms with Crippen LogP contribution in [0.25, 0.3) is 0 Å². The van der Waals surface area contributed by atoms with Crippen LogP contribution in [0.1, 0.15) is 53.0 Å². The van der Waals surface area contributed by atoms with Gasteiger partial charge in [0.25, 0.3) is 0 Å². The van der Waals surface area contributed by atoms with Gasteiger partial charge in [-0.1, -0.05) is 51.1 Å². The predicted molar refractivity (Wildman–Crippen MR) is 96.0 cm³/mol. The van der Waals surface area contributed by atoms with Gasteiger partial charge in [0.1, 0.15) is 12.0 Å². The van der Waals surface area contributed by atoms with Gasteiger partial charge in [0, 0.05) is 6.42 Å². The fraction of sp³-hybridized carbons (Fsp3) is 0.667. The lowest BCUT2D eigenvalue weighted by Crippen LogP contribution is -2.59. The number of carbonyl (C=O) groups excluding carboxylic acids is 1. The minimum Gasteiger partial charge on any atom is -0.461 e. The second-order valence-electron chi connectivity index (χ2n) is 8.79. The van der Waals surface area contributed by atoms with Crippen molar-refractivity contribution in [3.63, 3.8) is 0 Å². The van der Waals surface area contributed by atoms with Crippen molar-refractivity contribution in [2.75, 3.05) is 0 Å². The largest absolute Gasteiger partial charge is 0.461 e. The first-order chi connectivity index (χ1) is 11.7. The topological polar surface area (TPSA) is 44.8 Å². The number of ether oxygens (including phenoxy) is 3. The Labute approximate surface area is 150 Å². The Hall–Kier alpha value is -1.39. The average Bonchev–Trinajstić information content (AvgIpc) is 2.51. The van der Waals surface area contributed by atoms with Crippen LogP contribution in [0, 0.1) is 11.3 Å². The van der Waals surface area contributed by atoms with Crippen molar-refractivity contribution in [3.8, 4) is 0 Å². The highest BCUT2D eigenvalue weighted by atomic mass is 16.7. The van der Waals surface area contributed by atoms with Crippen molar-refractivity contribution in [2.45, 2.75) is 78.0 Å². The molecule has 25 heavy (non-hydrogen) atoms. The maximum Gasteiger partial charge on any atom is 0.314 e. The minimum absolute atomic E-state index is 0.0913. The summed E-state index contributed by atoms with van der Waals surface area (Å²) in [7, 11) is 0. The number of hydrogen-bond donors (Lipinski definition) is 0. The molecule has 0 aliphatic carbocycles. The molecule has 4 heteroatoms. The summed E-state index contributed by atoms with van der Waals surface area (Å²) in [5, 5.41) is 0. The van der Waals surface area contributed by atoms with Crippen molar-refractivity contribution >= 4 is 5.97 Å². The molecule has 2 fully saturated rings. The first-order valence-electron chi connectivity index (χ1n) is 9.26. The third kappa shape index (κ3) is 4.24. The highest BCUT2D eigenvalue weighted by molar-refractivity contribution is 5.75. The maximum atomic E-state index is 12.7. The molecular weight excluding hydrogens is 316 g/mol. The van der Waals surface area contributed by atoms with Gasteiger partial charge in [-0.25, -0.2) is 0 Å². The normalized spacial score (nSPS) is 32.0. The standard InChI is InChI=1S/C21H30O4/c1-20(2,3)17-13-16-18(19(22)23-17)15(24-21(4,5)25-16)12-11-14-9-7-6-8-10-14/h6-10,15-18H,11-13H2,1-5H3/t15-,16+,17-,18-/m0/s1. The van der Waals surface area contributed by atoms with E-state index in [0.717, 1.165) is 19.3 Å². The first-order valence-corrected chi connectivity index (χ1v) is 9.26. The lowest BCUT2D eigenvalue weighted by atomic mass is 9.78. The number of aryl methyl sites for hydroxylation is 1.